The molecule has 0 unspecified atom stereocenters. The maximum absolute atomic E-state index is 13.0. The second-order valence-electron chi connectivity index (χ2n) is 7.32. The van der Waals surface area contributed by atoms with E-state index in [1.54, 1.807) is 0 Å². The largest absolute Gasteiger partial charge is 0.438 e. The van der Waals surface area contributed by atoms with E-state index in [0.717, 1.165) is 46.1 Å². The van der Waals surface area contributed by atoms with Gasteiger partial charge in [-0.25, -0.2) is 4.99 Å². The number of carbonyl (C=O) groups is 1. The highest BCUT2D eigenvalue weighted by Gasteiger charge is 2.18. The highest BCUT2D eigenvalue weighted by molar-refractivity contribution is 9.10. The summed E-state index contributed by atoms with van der Waals surface area (Å²) in [6, 6.07) is 13.5. The van der Waals surface area contributed by atoms with E-state index in [2.05, 4.69) is 21.2 Å². The molecule has 1 amide bonds. The number of nitrogens with zero attached hydrogens (tertiary/aromatic N) is 1. The fourth-order valence-electron chi connectivity index (χ4n) is 3.42. The van der Waals surface area contributed by atoms with Gasteiger partial charge in [-0.1, -0.05) is 28.1 Å². The van der Waals surface area contributed by atoms with E-state index in [-0.39, 0.29) is 12.0 Å². The van der Waals surface area contributed by atoms with Gasteiger partial charge >= 0.3 is 0 Å². The molecule has 5 nitrogen and oxygen atoms in total. The number of nitrogens with one attached hydrogen (secondary N) is 1. The lowest BCUT2D eigenvalue weighted by atomic mass is 10.1. The third-order valence-electron chi connectivity index (χ3n) is 5.27. The van der Waals surface area contributed by atoms with Gasteiger partial charge in [-0.3, -0.25) is 4.79 Å². The normalized spacial score (nSPS) is 17.1. The number of rotatable bonds is 4. The number of hydrogen-bond donors (Lipinski definition) is 1. The summed E-state index contributed by atoms with van der Waals surface area (Å²) in [5, 5.41) is 3.81. The molecule has 1 aliphatic heterocycles. The second-order valence-corrected chi connectivity index (χ2v) is 8.24. The lowest BCUT2D eigenvalue weighted by molar-refractivity contribution is 0.0854. The minimum absolute atomic E-state index is 0.0740. The zero-order valence-electron chi connectivity index (χ0n) is 16.5. The number of amides is 1. The molecule has 0 aliphatic carbocycles. The van der Waals surface area contributed by atoms with Crippen LogP contribution >= 0.6 is 15.9 Å². The molecule has 29 heavy (non-hydrogen) atoms. The summed E-state index contributed by atoms with van der Waals surface area (Å²) >= 11 is 3.48. The number of aryl methyl sites for hydroxylation is 1. The van der Waals surface area contributed by atoms with Crippen molar-refractivity contribution in [3.8, 4) is 0 Å². The van der Waals surface area contributed by atoms with E-state index >= 15 is 0 Å². The first-order chi connectivity index (χ1) is 14.0. The van der Waals surface area contributed by atoms with Crippen LogP contribution < -0.4 is 10.9 Å². The summed E-state index contributed by atoms with van der Waals surface area (Å²) < 4.78 is 12.6. The van der Waals surface area contributed by atoms with E-state index in [9.17, 15) is 4.79 Å². The SMILES string of the molecule is Cc1cccc(N=c2oc3ccc(Br)cc3cc2C(=O)NC[C@H]2CCCO2)c1C. The Bertz CT molecular complexity index is 1130. The first-order valence-electron chi connectivity index (χ1n) is 9.75. The van der Waals surface area contributed by atoms with Crippen molar-refractivity contribution in [1.29, 1.82) is 0 Å². The van der Waals surface area contributed by atoms with Crippen LogP contribution in [0.5, 0.6) is 0 Å². The van der Waals surface area contributed by atoms with Crippen molar-refractivity contribution in [2.45, 2.75) is 32.8 Å². The Balaban J connectivity index is 1.79. The van der Waals surface area contributed by atoms with Gasteiger partial charge in [-0.15, -0.1) is 0 Å². The zero-order valence-corrected chi connectivity index (χ0v) is 18.1. The van der Waals surface area contributed by atoms with Crippen LogP contribution in [0.1, 0.15) is 34.3 Å². The summed E-state index contributed by atoms with van der Waals surface area (Å²) in [5.74, 6) is -0.213. The molecule has 2 aromatic carbocycles. The monoisotopic (exact) mass is 454 g/mol. The molecule has 1 aromatic heterocycles. The highest BCUT2D eigenvalue weighted by atomic mass is 79.9. The molecule has 0 radical (unpaired) electrons. The maximum atomic E-state index is 13.0. The Morgan fingerprint density at radius 2 is 2.10 bits per heavy atom. The van der Waals surface area contributed by atoms with Crippen LogP contribution in [0.25, 0.3) is 11.0 Å². The molecule has 0 spiro atoms. The van der Waals surface area contributed by atoms with E-state index in [1.165, 1.54) is 0 Å². The number of hydrogen-bond acceptors (Lipinski definition) is 4. The number of fused-ring (bicyclic) bond motifs is 1. The lowest BCUT2D eigenvalue weighted by Gasteiger charge is -2.11. The molecular formula is C23H23BrN2O3. The smallest absolute Gasteiger partial charge is 0.256 e. The lowest BCUT2D eigenvalue weighted by Crippen LogP contribution is -2.34. The number of carbonyl (C=O) groups excluding carboxylic acids is 1. The van der Waals surface area contributed by atoms with Crippen LogP contribution in [0.15, 0.2) is 56.3 Å². The molecule has 1 aliphatic rings. The predicted octanol–water partition coefficient (Wildman–Crippen LogP) is 4.95. The molecule has 2 heterocycles. The number of ether oxygens (including phenoxy) is 1. The number of benzene rings is 2. The molecule has 0 bridgehead atoms. The first kappa shape index (κ1) is 19.9. The average molecular weight is 455 g/mol. The molecule has 4 rings (SSSR count). The van der Waals surface area contributed by atoms with Crippen molar-refractivity contribution < 1.29 is 13.9 Å². The van der Waals surface area contributed by atoms with Gasteiger partial charge in [-0.2, -0.15) is 0 Å². The van der Waals surface area contributed by atoms with Crippen molar-refractivity contribution in [2.75, 3.05) is 13.2 Å². The summed E-state index contributed by atoms with van der Waals surface area (Å²) in [6.07, 6.45) is 2.08. The minimum atomic E-state index is -0.213. The van der Waals surface area contributed by atoms with Crippen LogP contribution in [0.4, 0.5) is 5.69 Å². The summed E-state index contributed by atoms with van der Waals surface area (Å²) in [6.45, 7) is 5.30. The Hall–Kier alpha value is -2.44. The zero-order chi connectivity index (χ0) is 20.4. The summed E-state index contributed by atoms with van der Waals surface area (Å²) in [7, 11) is 0. The van der Waals surface area contributed by atoms with Gasteiger partial charge in [0.2, 0.25) is 5.55 Å². The van der Waals surface area contributed by atoms with Gasteiger partial charge in [-0.05, 0) is 68.1 Å². The van der Waals surface area contributed by atoms with Crippen molar-refractivity contribution in [2.24, 2.45) is 4.99 Å². The summed E-state index contributed by atoms with van der Waals surface area (Å²) in [5.41, 5.74) is 4.38. The van der Waals surface area contributed by atoms with Crippen molar-refractivity contribution >= 4 is 38.5 Å². The van der Waals surface area contributed by atoms with Gasteiger partial charge in [0, 0.05) is 23.0 Å². The third kappa shape index (κ3) is 4.43. The molecule has 0 saturated carbocycles. The Morgan fingerprint density at radius 3 is 2.90 bits per heavy atom. The standard InChI is InChI=1S/C23H23BrN2O3/c1-14-5-3-7-20(15(14)2)26-23-19(22(27)25-13-18-6-4-10-28-18)12-16-11-17(24)8-9-21(16)29-23/h3,5,7-9,11-12,18H,4,6,10,13H2,1-2H3,(H,25,27)/t18-/m1/s1. The van der Waals surface area contributed by atoms with E-state index in [0.29, 0.717) is 23.2 Å². The highest BCUT2D eigenvalue weighted by Crippen LogP contribution is 2.23. The van der Waals surface area contributed by atoms with Gasteiger partial charge in [0.05, 0.1) is 11.8 Å². The Labute approximate surface area is 177 Å². The molecule has 6 heteroatoms. The van der Waals surface area contributed by atoms with Gasteiger partial charge in [0.15, 0.2) is 0 Å². The molecular weight excluding hydrogens is 432 g/mol. The molecule has 150 valence electrons. The molecule has 3 aromatic rings. The van der Waals surface area contributed by atoms with Crippen LogP contribution in [0.2, 0.25) is 0 Å². The van der Waals surface area contributed by atoms with Gasteiger partial charge in [0.1, 0.15) is 11.1 Å². The minimum Gasteiger partial charge on any atom is -0.438 e. The van der Waals surface area contributed by atoms with Crippen LogP contribution in [0.3, 0.4) is 0 Å². The van der Waals surface area contributed by atoms with E-state index in [4.69, 9.17) is 14.1 Å². The fourth-order valence-corrected chi connectivity index (χ4v) is 3.80. The van der Waals surface area contributed by atoms with E-state index in [1.807, 2.05) is 56.3 Å². The van der Waals surface area contributed by atoms with Gasteiger partial charge < -0.3 is 14.5 Å². The second kappa shape index (κ2) is 8.51. The third-order valence-corrected chi connectivity index (χ3v) is 5.76. The Morgan fingerprint density at radius 1 is 1.24 bits per heavy atom. The summed E-state index contributed by atoms with van der Waals surface area (Å²) in [4.78, 5) is 17.7. The fraction of sp³-hybridized carbons (Fsp3) is 0.304. The van der Waals surface area contributed by atoms with Crippen LogP contribution in [-0.2, 0) is 4.74 Å². The Kier molecular flexibility index (Phi) is 5.83. The number of halogens is 1. The molecule has 1 saturated heterocycles. The quantitative estimate of drug-likeness (QED) is 0.606. The molecule has 1 N–H and O–H groups in total. The maximum Gasteiger partial charge on any atom is 0.256 e. The average Bonchev–Trinajstić information content (AvgIpc) is 3.23. The molecule has 1 fully saturated rings. The van der Waals surface area contributed by atoms with E-state index < -0.39 is 0 Å². The van der Waals surface area contributed by atoms with Crippen molar-refractivity contribution in [3.63, 3.8) is 0 Å². The first-order valence-corrected chi connectivity index (χ1v) is 10.5. The topological polar surface area (TPSA) is 63.8 Å². The van der Waals surface area contributed by atoms with Crippen LogP contribution in [-0.4, -0.2) is 25.2 Å². The molecule has 1 atom stereocenters. The van der Waals surface area contributed by atoms with Gasteiger partial charge in [0.25, 0.3) is 5.91 Å². The van der Waals surface area contributed by atoms with Crippen molar-refractivity contribution in [1.82, 2.24) is 5.32 Å². The van der Waals surface area contributed by atoms with Crippen LogP contribution in [0, 0.1) is 13.8 Å². The van der Waals surface area contributed by atoms with Crippen molar-refractivity contribution in [3.05, 3.63) is 69.2 Å². The predicted molar refractivity (Wildman–Crippen MR) is 116 cm³/mol.